The van der Waals surface area contributed by atoms with Crippen LogP contribution in [0.3, 0.4) is 0 Å². The number of nitrogens with one attached hydrogen (secondary N) is 2. The summed E-state index contributed by atoms with van der Waals surface area (Å²) in [5, 5.41) is 29.4. The van der Waals surface area contributed by atoms with Crippen molar-refractivity contribution in [3.63, 3.8) is 0 Å². The van der Waals surface area contributed by atoms with Crippen molar-refractivity contribution in [2.45, 2.75) is 168 Å². The molecule has 258 valence electrons. The van der Waals surface area contributed by atoms with Gasteiger partial charge in [0, 0.05) is 10.8 Å². The van der Waals surface area contributed by atoms with Gasteiger partial charge in [-0.05, 0) is 69.1 Å². The van der Waals surface area contributed by atoms with E-state index in [1.165, 1.54) is 173 Å². The summed E-state index contributed by atoms with van der Waals surface area (Å²) in [7, 11) is 0. The summed E-state index contributed by atoms with van der Waals surface area (Å²) in [6, 6.07) is 17.9. The lowest BCUT2D eigenvalue weighted by Crippen LogP contribution is -2.29. The zero-order valence-corrected chi connectivity index (χ0v) is 30.6. The van der Waals surface area contributed by atoms with Crippen LogP contribution in [0.2, 0.25) is 0 Å². The Morgan fingerprint density at radius 3 is 1.38 bits per heavy atom. The minimum absolute atomic E-state index is 0.427. The van der Waals surface area contributed by atoms with E-state index in [0.717, 1.165) is 35.6 Å². The SMILES string of the molecule is CCCCCCCCCCCCCc1ccc2c3cccc4cccc(c5c(=N)c(=N)c(CCCCCCCCCCCCC)c1c25)c43. The molecule has 0 saturated carbocycles. The highest BCUT2D eigenvalue weighted by molar-refractivity contribution is 6.33. The van der Waals surface area contributed by atoms with Crippen LogP contribution in [0.25, 0.3) is 43.1 Å². The molecule has 0 amide bonds. The first kappa shape index (κ1) is 36.3. The first-order valence-corrected chi connectivity index (χ1v) is 20.3. The van der Waals surface area contributed by atoms with Gasteiger partial charge in [-0.25, -0.2) is 0 Å². The molecule has 0 aromatic heterocycles. The molecule has 0 saturated heterocycles. The van der Waals surface area contributed by atoms with Crippen molar-refractivity contribution in [2.75, 3.05) is 0 Å². The Bertz CT molecular complexity index is 1800. The second-order valence-corrected chi connectivity index (χ2v) is 14.9. The number of aryl methyl sites for hydroxylation is 2. The maximum Gasteiger partial charge on any atom is 0.0877 e. The molecular weight excluding hydrogens is 581 g/mol. The van der Waals surface area contributed by atoms with E-state index >= 15 is 0 Å². The summed E-state index contributed by atoms with van der Waals surface area (Å²) in [5.41, 5.74) is 2.55. The Labute approximate surface area is 291 Å². The standard InChI is InChI=1S/C46H64N2/c1-3-5-7-9-11-13-15-17-19-21-23-27-36-33-34-38-37-31-25-28-35-29-26-32-39(41(35)37)44-43(38)42(36)40(45(47)46(44)48)30-24-22-20-18-16-14-12-10-8-6-4-2/h25-26,28-29,31-34,47-48H,3-24,27,30H2,1-2H3. The maximum atomic E-state index is 9.40. The van der Waals surface area contributed by atoms with E-state index in [1.54, 1.807) is 0 Å². The molecule has 0 heterocycles. The highest BCUT2D eigenvalue weighted by Gasteiger charge is 2.20. The number of unbranched alkanes of at least 4 members (excludes halogenated alkanes) is 20. The molecule has 5 aromatic carbocycles. The van der Waals surface area contributed by atoms with Gasteiger partial charge in [-0.2, -0.15) is 0 Å². The lowest BCUT2D eigenvalue weighted by atomic mass is 9.84. The van der Waals surface area contributed by atoms with Crippen LogP contribution in [-0.2, 0) is 12.8 Å². The zero-order chi connectivity index (χ0) is 33.6. The van der Waals surface area contributed by atoms with Crippen molar-refractivity contribution in [1.29, 1.82) is 10.8 Å². The molecule has 0 radical (unpaired) electrons. The summed E-state index contributed by atoms with van der Waals surface area (Å²) in [5.74, 6) is 0. The van der Waals surface area contributed by atoms with Crippen LogP contribution in [0.1, 0.15) is 166 Å². The second-order valence-electron chi connectivity index (χ2n) is 14.9. The van der Waals surface area contributed by atoms with Gasteiger partial charge in [0.05, 0.1) is 10.7 Å². The molecule has 5 rings (SSSR count). The summed E-state index contributed by atoms with van der Waals surface area (Å²) in [6.07, 6.45) is 31.5. The predicted molar refractivity (Wildman–Crippen MR) is 211 cm³/mol. The summed E-state index contributed by atoms with van der Waals surface area (Å²) in [4.78, 5) is 0. The van der Waals surface area contributed by atoms with E-state index in [-0.39, 0.29) is 0 Å². The smallest absolute Gasteiger partial charge is 0.0877 e. The lowest BCUT2D eigenvalue weighted by Gasteiger charge is -2.19. The largest absolute Gasteiger partial charge is 0.298 e. The number of hydrogen-bond acceptors (Lipinski definition) is 2. The van der Waals surface area contributed by atoms with Gasteiger partial charge in [-0.15, -0.1) is 0 Å². The molecule has 48 heavy (non-hydrogen) atoms. The van der Waals surface area contributed by atoms with Crippen molar-refractivity contribution < 1.29 is 0 Å². The minimum atomic E-state index is 0.427. The maximum absolute atomic E-state index is 9.40. The third-order valence-corrected chi connectivity index (χ3v) is 11.2. The molecule has 0 atom stereocenters. The van der Waals surface area contributed by atoms with E-state index in [1.807, 2.05) is 0 Å². The Kier molecular flexibility index (Phi) is 14.6. The van der Waals surface area contributed by atoms with E-state index in [9.17, 15) is 10.8 Å². The number of hydrogen-bond donors (Lipinski definition) is 2. The van der Waals surface area contributed by atoms with Crippen molar-refractivity contribution in [2.24, 2.45) is 0 Å². The molecule has 0 aliphatic carbocycles. The fraction of sp³-hybridized carbons (Fsp3) is 0.565. The van der Waals surface area contributed by atoms with Crippen molar-refractivity contribution in [1.82, 2.24) is 0 Å². The first-order valence-electron chi connectivity index (χ1n) is 20.3. The fourth-order valence-electron chi connectivity index (χ4n) is 8.45. The molecule has 2 nitrogen and oxygen atoms in total. The average molecular weight is 645 g/mol. The van der Waals surface area contributed by atoms with Crippen molar-refractivity contribution in [3.8, 4) is 0 Å². The van der Waals surface area contributed by atoms with Crippen LogP contribution in [-0.4, -0.2) is 0 Å². The van der Waals surface area contributed by atoms with Gasteiger partial charge in [-0.3, -0.25) is 10.8 Å². The summed E-state index contributed by atoms with van der Waals surface area (Å²) < 4.78 is 0. The van der Waals surface area contributed by atoms with E-state index < -0.39 is 0 Å². The van der Waals surface area contributed by atoms with Crippen LogP contribution >= 0.6 is 0 Å². The van der Waals surface area contributed by atoms with Gasteiger partial charge in [0.25, 0.3) is 0 Å². The van der Waals surface area contributed by atoms with Gasteiger partial charge in [0.15, 0.2) is 0 Å². The molecule has 2 heteroatoms. The van der Waals surface area contributed by atoms with Crippen LogP contribution in [0, 0.1) is 10.8 Å². The fourth-order valence-corrected chi connectivity index (χ4v) is 8.45. The Balaban J connectivity index is 1.32. The van der Waals surface area contributed by atoms with Crippen LogP contribution < -0.4 is 10.7 Å². The number of fused-ring (bicyclic) bond motifs is 2. The van der Waals surface area contributed by atoms with Gasteiger partial charge < -0.3 is 0 Å². The lowest BCUT2D eigenvalue weighted by molar-refractivity contribution is 0.549. The molecule has 0 aliphatic heterocycles. The first-order chi connectivity index (χ1) is 23.7. The molecule has 0 bridgehead atoms. The third kappa shape index (κ3) is 8.96. The summed E-state index contributed by atoms with van der Waals surface area (Å²) in [6.45, 7) is 4.59. The molecule has 5 aromatic rings. The van der Waals surface area contributed by atoms with Gasteiger partial charge in [-0.1, -0.05) is 191 Å². The van der Waals surface area contributed by atoms with Crippen molar-refractivity contribution >= 4 is 43.1 Å². The Morgan fingerprint density at radius 2 is 0.833 bits per heavy atom. The topological polar surface area (TPSA) is 47.7 Å². The average Bonchev–Trinajstić information content (AvgIpc) is 3.10. The molecule has 0 aliphatic rings. The number of benzene rings is 5. The van der Waals surface area contributed by atoms with Gasteiger partial charge in [0.2, 0.25) is 0 Å². The third-order valence-electron chi connectivity index (χ3n) is 11.2. The van der Waals surface area contributed by atoms with Crippen LogP contribution in [0.4, 0.5) is 0 Å². The molecule has 0 unspecified atom stereocenters. The normalized spacial score (nSPS) is 12.0. The van der Waals surface area contributed by atoms with Gasteiger partial charge >= 0.3 is 0 Å². The minimum Gasteiger partial charge on any atom is -0.298 e. The molecule has 0 fully saturated rings. The molecule has 2 N–H and O–H groups in total. The van der Waals surface area contributed by atoms with Crippen LogP contribution in [0.15, 0.2) is 48.5 Å². The predicted octanol–water partition coefficient (Wildman–Crippen LogP) is 13.8. The van der Waals surface area contributed by atoms with Crippen LogP contribution in [0.5, 0.6) is 0 Å². The highest BCUT2D eigenvalue weighted by atomic mass is 14.5. The number of rotatable bonds is 24. The van der Waals surface area contributed by atoms with Crippen molar-refractivity contribution in [3.05, 3.63) is 70.4 Å². The zero-order valence-electron chi connectivity index (χ0n) is 30.6. The van der Waals surface area contributed by atoms with Gasteiger partial charge in [0.1, 0.15) is 0 Å². The Morgan fingerprint density at radius 1 is 0.375 bits per heavy atom. The molecular formula is C46H64N2. The van der Waals surface area contributed by atoms with E-state index in [2.05, 4.69) is 62.4 Å². The summed E-state index contributed by atoms with van der Waals surface area (Å²) >= 11 is 0. The Hall–Kier alpha value is -3.00. The quantitative estimate of drug-likeness (QED) is 0.0381. The van der Waals surface area contributed by atoms with E-state index in [0.29, 0.717) is 10.7 Å². The highest BCUT2D eigenvalue weighted by Crippen LogP contribution is 2.40. The second kappa shape index (κ2) is 19.3. The monoisotopic (exact) mass is 645 g/mol. The van der Waals surface area contributed by atoms with E-state index in [4.69, 9.17) is 0 Å². The molecule has 0 spiro atoms.